The zero-order valence-corrected chi connectivity index (χ0v) is 21.9. The van der Waals surface area contributed by atoms with Crippen molar-refractivity contribution in [3.8, 4) is 0 Å². The molecule has 0 N–H and O–H groups in total. The first-order valence-electron chi connectivity index (χ1n) is 14.3. The van der Waals surface area contributed by atoms with Crippen LogP contribution in [0.4, 0.5) is 0 Å². The molecular formula is C30H56O2. The topological polar surface area (TPSA) is 26.3 Å². The molecule has 0 fully saturated rings. The van der Waals surface area contributed by atoms with Crippen LogP contribution in [0.3, 0.4) is 0 Å². The summed E-state index contributed by atoms with van der Waals surface area (Å²) in [5.41, 5.74) is 0. The third-order valence-electron chi connectivity index (χ3n) is 6.09. The minimum atomic E-state index is 0.00976. The Kier molecular flexibility index (Phi) is 27.1. The molecule has 0 amide bonds. The number of esters is 1. The Balaban J connectivity index is 3.23. The van der Waals surface area contributed by atoms with Gasteiger partial charge in [0, 0.05) is 6.42 Å². The van der Waals surface area contributed by atoms with E-state index in [9.17, 15) is 4.79 Å². The van der Waals surface area contributed by atoms with Crippen molar-refractivity contribution in [3.05, 3.63) is 24.3 Å². The SMILES string of the molecule is CCCCC/C=C\C/C=C/CCCCCCCCOC(=O)CCCCCCCCCCC. The predicted molar refractivity (Wildman–Crippen MR) is 142 cm³/mol. The molecule has 0 bridgehead atoms. The van der Waals surface area contributed by atoms with Gasteiger partial charge in [-0.3, -0.25) is 4.79 Å². The van der Waals surface area contributed by atoms with Gasteiger partial charge in [-0.1, -0.05) is 128 Å². The van der Waals surface area contributed by atoms with E-state index in [-0.39, 0.29) is 5.97 Å². The first-order chi connectivity index (χ1) is 15.8. The zero-order chi connectivity index (χ0) is 23.4. The number of unbranched alkanes of at least 4 members (excludes halogenated alkanes) is 17. The standard InChI is InChI=1S/C30H56O2/c1-3-5-7-9-11-13-14-15-16-17-18-19-21-23-25-27-29-32-30(31)28-26-24-22-20-12-10-8-6-4-2/h11,13,15-16H,3-10,12,14,17-29H2,1-2H3/b13-11-,16-15+. The van der Waals surface area contributed by atoms with Gasteiger partial charge in [-0.05, 0) is 44.9 Å². The van der Waals surface area contributed by atoms with E-state index in [4.69, 9.17) is 4.74 Å². The minimum Gasteiger partial charge on any atom is -0.466 e. The van der Waals surface area contributed by atoms with Crippen LogP contribution in [-0.4, -0.2) is 12.6 Å². The summed E-state index contributed by atoms with van der Waals surface area (Å²) in [5, 5.41) is 0. The van der Waals surface area contributed by atoms with Crippen molar-refractivity contribution in [3.63, 3.8) is 0 Å². The van der Waals surface area contributed by atoms with Gasteiger partial charge in [-0.2, -0.15) is 0 Å². The van der Waals surface area contributed by atoms with Gasteiger partial charge in [-0.25, -0.2) is 0 Å². The first kappa shape index (κ1) is 30.9. The van der Waals surface area contributed by atoms with Gasteiger partial charge in [0.05, 0.1) is 6.61 Å². The van der Waals surface area contributed by atoms with E-state index in [2.05, 4.69) is 38.2 Å². The van der Waals surface area contributed by atoms with Crippen molar-refractivity contribution in [2.75, 3.05) is 6.61 Å². The summed E-state index contributed by atoms with van der Waals surface area (Å²) in [7, 11) is 0. The third kappa shape index (κ3) is 27.0. The second kappa shape index (κ2) is 28.0. The van der Waals surface area contributed by atoms with Crippen LogP contribution < -0.4 is 0 Å². The van der Waals surface area contributed by atoms with Gasteiger partial charge < -0.3 is 4.74 Å². The van der Waals surface area contributed by atoms with Gasteiger partial charge in [0.25, 0.3) is 0 Å². The van der Waals surface area contributed by atoms with Crippen molar-refractivity contribution in [2.24, 2.45) is 0 Å². The highest BCUT2D eigenvalue weighted by atomic mass is 16.5. The molecule has 0 aliphatic carbocycles. The van der Waals surface area contributed by atoms with Crippen LogP contribution in [0.1, 0.15) is 155 Å². The van der Waals surface area contributed by atoms with Crippen molar-refractivity contribution >= 4 is 5.97 Å². The van der Waals surface area contributed by atoms with Crippen LogP contribution in [0, 0.1) is 0 Å². The number of rotatable bonds is 25. The molecule has 32 heavy (non-hydrogen) atoms. The third-order valence-corrected chi connectivity index (χ3v) is 6.09. The summed E-state index contributed by atoms with van der Waals surface area (Å²) in [5.74, 6) is 0.00976. The maximum Gasteiger partial charge on any atom is 0.305 e. The average molecular weight is 449 g/mol. The number of hydrogen-bond acceptors (Lipinski definition) is 2. The predicted octanol–water partition coefficient (Wildman–Crippen LogP) is 10.3. The van der Waals surface area contributed by atoms with Gasteiger partial charge >= 0.3 is 5.97 Å². The number of allylic oxidation sites excluding steroid dienone is 4. The van der Waals surface area contributed by atoms with Crippen molar-refractivity contribution in [1.82, 2.24) is 0 Å². The molecule has 0 aromatic rings. The molecule has 0 aromatic carbocycles. The lowest BCUT2D eigenvalue weighted by Gasteiger charge is -2.05. The van der Waals surface area contributed by atoms with Gasteiger partial charge in [0.15, 0.2) is 0 Å². The molecule has 0 saturated heterocycles. The Morgan fingerprint density at radius 2 is 0.969 bits per heavy atom. The van der Waals surface area contributed by atoms with Crippen LogP contribution in [0.5, 0.6) is 0 Å². The molecule has 0 saturated carbocycles. The van der Waals surface area contributed by atoms with Crippen LogP contribution in [0.25, 0.3) is 0 Å². The van der Waals surface area contributed by atoms with Crippen molar-refractivity contribution in [1.29, 1.82) is 0 Å². The normalized spacial score (nSPS) is 11.7. The molecular weight excluding hydrogens is 392 g/mol. The molecule has 0 rings (SSSR count). The van der Waals surface area contributed by atoms with E-state index in [1.165, 1.54) is 116 Å². The number of ether oxygens (including phenoxy) is 1. The van der Waals surface area contributed by atoms with E-state index in [1.54, 1.807) is 0 Å². The van der Waals surface area contributed by atoms with Gasteiger partial charge in [-0.15, -0.1) is 0 Å². The van der Waals surface area contributed by atoms with E-state index in [0.29, 0.717) is 13.0 Å². The fraction of sp³-hybridized carbons (Fsp3) is 0.833. The summed E-state index contributed by atoms with van der Waals surface area (Å²) in [6.45, 7) is 5.13. The second-order valence-electron chi connectivity index (χ2n) is 9.38. The maximum atomic E-state index is 11.8. The molecule has 2 heteroatoms. The fourth-order valence-electron chi connectivity index (χ4n) is 3.93. The molecule has 0 spiro atoms. The van der Waals surface area contributed by atoms with Crippen LogP contribution in [-0.2, 0) is 9.53 Å². The quantitative estimate of drug-likeness (QED) is 0.0788. The highest BCUT2D eigenvalue weighted by molar-refractivity contribution is 5.69. The average Bonchev–Trinajstić information content (AvgIpc) is 2.80. The lowest BCUT2D eigenvalue weighted by Crippen LogP contribution is -2.05. The highest BCUT2D eigenvalue weighted by Gasteiger charge is 2.02. The second-order valence-corrected chi connectivity index (χ2v) is 9.38. The number of carbonyl (C=O) groups excluding carboxylic acids is 1. The molecule has 0 aliphatic heterocycles. The van der Waals surface area contributed by atoms with Gasteiger partial charge in [0.2, 0.25) is 0 Å². The van der Waals surface area contributed by atoms with Crippen molar-refractivity contribution in [2.45, 2.75) is 155 Å². The molecule has 0 radical (unpaired) electrons. The molecule has 0 atom stereocenters. The van der Waals surface area contributed by atoms with Gasteiger partial charge in [0.1, 0.15) is 0 Å². The molecule has 188 valence electrons. The van der Waals surface area contributed by atoms with E-state index in [1.807, 2.05) is 0 Å². The Bertz CT molecular complexity index is 425. The smallest absolute Gasteiger partial charge is 0.305 e. The molecule has 0 aliphatic rings. The molecule has 0 aromatic heterocycles. The summed E-state index contributed by atoms with van der Waals surface area (Å²) < 4.78 is 5.38. The molecule has 0 unspecified atom stereocenters. The highest BCUT2D eigenvalue weighted by Crippen LogP contribution is 2.11. The van der Waals surface area contributed by atoms with Crippen LogP contribution >= 0.6 is 0 Å². The lowest BCUT2D eigenvalue weighted by atomic mass is 10.1. The summed E-state index contributed by atoms with van der Waals surface area (Å²) in [6, 6.07) is 0. The summed E-state index contributed by atoms with van der Waals surface area (Å²) in [6.07, 6.45) is 36.4. The Labute approximate surface area is 201 Å². The monoisotopic (exact) mass is 448 g/mol. The van der Waals surface area contributed by atoms with Crippen molar-refractivity contribution < 1.29 is 9.53 Å². The summed E-state index contributed by atoms with van der Waals surface area (Å²) >= 11 is 0. The Hall–Kier alpha value is -1.05. The molecule has 0 heterocycles. The first-order valence-corrected chi connectivity index (χ1v) is 14.3. The lowest BCUT2D eigenvalue weighted by molar-refractivity contribution is -0.143. The minimum absolute atomic E-state index is 0.00976. The number of carbonyl (C=O) groups is 1. The number of hydrogen-bond donors (Lipinski definition) is 0. The van der Waals surface area contributed by atoms with Crippen LogP contribution in [0.2, 0.25) is 0 Å². The Morgan fingerprint density at radius 3 is 1.56 bits per heavy atom. The largest absolute Gasteiger partial charge is 0.466 e. The van der Waals surface area contributed by atoms with E-state index >= 15 is 0 Å². The van der Waals surface area contributed by atoms with E-state index in [0.717, 1.165) is 19.3 Å². The van der Waals surface area contributed by atoms with Crippen LogP contribution in [0.15, 0.2) is 24.3 Å². The molecule has 2 nitrogen and oxygen atoms in total. The van der Waals surface area contributed by atoms with E-state index < -0.39 is 0 Å². The maximum absolute atomic E-state index is 11.8. The summed E-state index contributed by atoms with van der Waals surface area (Å²) in [4.78, 5) is 11.8. The Morgan fingerprint density at radius 1 is 0.531 bits per heavy atom. The zero-order valence-electron chi connectivity index (χ0n) is 21.9. The fourth-order valence-corrected chi connectivity index (χ4v) is 3.93.